The fourth-order valence-corrected chi connectivity index (χ4v) is 2.30. The molecular formula is C15H22N2O4. The summed E-state index contributed by atoms with van der Waals surface area (Å²) < 4.78 is 0. The summed E-state index contributed by atoms with van der Waals surface area (Å²) in [4.78, 5) is 23.4. The van der Waals surface area contributed by atoms with Crippen LogP contribution in [0.25, 0.3) is 0 Å². The number of aliphatic carboxylic acids is 1. The average Bonchev–Trinajstić information content (AvgIpc) is 2.36. The summed E-state index contributed by atoms with van der Waals surface area (Å²) in [6, 6.07) is 4.87. The van der Waals surface area contributed by atoms with Crippen LogP contribution < -0.4 is 0 Å². The van der Waals surface area contributed by atoms with E-state index in [9.17, 15) is 14.9 Å². The van der Waals surface area contributed by atoms with Crippen LogP contribution in [0.1, 0.15) is 37.9 Å². The number of nitro groups is 1. The molecular weight excluding hydrogens is 272 g/mol. The van der Waals surface area contributed by atoms with Gasteiger partial charge in [-0.05, 0) is 25.3 Å². The highest BCUT2D eigenvalue weighted by atomic mass is 16.6. The predicted molar refractivity (Wildman–Crippen MR) is 80.3 cm³/mol. The molecule has 1 rings (SSSR count). The summed E-state index contributed by atoms with van der Waals surface area (Å²) >= 11 is 0. The topological polar surface area (TPSA) is 83.7 Å². The molecule has 6 heteroatoms. The number of benzene rings is 1. The maximum Gasteiger partial charge on any atom is 0.317 e. The lowest BCUT2D eigenvalue weighted by molar-refractivity contribution is -0.385. The van der Waals surface area contributed by atoms with Crippen LogP contribution in [0.15, 0.2) is 18.2 Å². The highest BCUT2D eigenvalue weighted by Crippen LogP contribution is 2.27. The Morgan fingerprint density at radius 2 is 2.00 bits per heavy atom. The zero-order valence-corrected chi connectivity index (χ0v) is 12.9. The Morgan fingerprint density at radius 3 is 2.48 bits per heavy atom. The molecule has 1 unspecified atom stereocenters. The van der Waals surface area contributed by atoms with Crippen LogP contribution in [-0.4, -0.2) is 34.0 Å². The predicted octanol–water partition coefficient (Wildman–Crippen LogP) is 3.01. The molecule has 1 atom stereocenters. The van der Waals surface area contributed by atoms with E-state index in [0.717, 1.165) is 5.56 Å². The Morgan fingerprint density at radius 1 is 1.38 bits per heavy atom. The van der Waals surface area contributed by atoms with Gasteiger partial charge < -0.3 is 5.11 Å². The van der Waals surface area contributed by atoms with E-state index in [1.807, 2.05) is 31.7 Å². The molecule has 0 bridgehead atoms. The second-order valence-electron chi connectivity index (χ2n) is 5.70. The average molecular weight is 294 g/mol. The van der Waals surface area contributed by atoms with Crippen LogP contribution in [0.2, 0.25) is 0 Å². The third kappa shape index (κ3) is 4.82. The Balaban J connectivity index is 3.07. The molecule has 0 saturated carbocycles. The molecule has 0 heterocycles. The maximum absolute atomic E-state index is 11.0. The molecule has 0 amide bonds. The number of carboxylic acid groups (broad SMARTS) is 1. The normalized spacial score (nSPS) is 12.7. The molecule has 116 valence electrons. The van der Waals surface area contributed by atoms with Crippen molar-refractivity contribution >= 4 is 11.7 Å². The van der Waals surface area contributed by atoms with E-state index in [2.05, 4.69) is 0 Å². The first-order chi connectivity index (χ1) is 9.72. The lowest BCUT2D eigenvalue weighted by atomic mass is 10.0. The fourth-order valence-electron chi connectivity index (χ4n) is 2.30. The summed E-state index contributed by atoms with van der Waals surface area (Å²) in [6.45, 7) is 8.13. The van der Waals surface area contributed by atoms with E-state index >= 15 is 0 Å². The molecule has 0 spiro atoms. The largest absolute Gasteiger partial charge is 0.480 e. The highest BCUT2D eigenvalue weighted by Gasteiger charge is 2.22. The summed E-state index contributed by atoms with van der Waals surface area (Å²) in [5, 5.41) is 20.0. The van der Waals surface area contributed by atoms with Gasteiger partial charge >= 0.3 is 5.97 Å². The zero-order valence-electron chi connectivity index (χ0n) is 12.9. The van der Waals surface area contributed by atoms with E-state index in [1.165, 1.54) is 6.07 Å². The lowest BCUT2D eigenvalue weighted by Crippen LogP contribution is -2.35. The number of hydrogen-bond donors (Lipinski definition) is 1. The molecule has 0 aliphatic heterocycles. The second kappa shape index (κ2) is 7.17. The van der Waals surface area contributed by atoms with Crippen molar-refractivity contribution in [3.63, 3.8) is 0 Å². The number of aryl methyl sites for hydroxylation is 1. The monoisotopic (exact) mass is 294 g/mol. The van der Waals surface area contributed by atoms with E-state index in [-0.39, 0.29) is 18.3 Å². The molecule has 1 N–H and O–H groups in total. The molecule has 1 aromatic rings. The molecule has 0 aliphatic carbocycles. The molecule has 0 saturated heterocycles. The first-order valence-electron chi connectivity index (χ1n) is 6.93. The van der Waals surface area contributed by atoms with E-state index in [1.54, 1.807) is 13.0 Å². The van der Waals surface area contributed by atoms with Gasteiger partial charge in [-0.1, -0.05) is 26.0 Å². The van der Waals surface area contributed by atoms with Gasteiger partial charge in [0.05, 0.1) is 11.5 Å². The zero-order chi connectivity index (χ0) is 16.2. The van der Waals surface area contributed by atoms with E-state index in [4.69, 9.17) is 5.11 Å². The van der Waals surface area contributed by atoms with Gasteiger partial charge in [0.15, 0.2) is 0 Å². The van der Waals surface area contributed by atoms with Crippen molar-refractivity contribution in [2.24, 2.45) is 5.92 Å². The van der Waals surface area contributed by atoms with Crippen LogP contribution in [0.3, 0.4) is 0 Å². The first-order valence-corrected chi connectivity index (χ1v) is 6.93. The number of hydrogen-bond acceptors (Lipinski definition) is 4. The molecule has 0 aromatic heterocycles. The van der Waals surface area contributed by atoms with Crippen LogP contribution in [0.5, 0.6) is 0 Å². The summed E-state index contributed by atoms with van der Waals surface area (Å²) in [5.74, 6) is -0.587. The summed E-state index contributed by atoms with van der Waals surface area (Å²) in [7, 11) is 0. The van der Waals surface area contributed by atoms with Crippen molar-refractivity contribution in [3.8, 4) is 0 Å². The second-order valence-corrected chi connectivity index (χ2v) is 5.70. The van der Waals surface area contributed by atoms with Crippen molar-refractivity contribution in [3.05, 3.63) is 39.4 Å². The van der Waals surface area contributed by atoms with Gasteiger partial charge in [0, 0.05) is 24.2 Å². The van der Waals surface area contributed by atoms with Gasteiger partial charge in [-0.25, -0.2) is 0 Å². The van der Waals surface area contributed by atoms with Gasteiger partial charge in [-0.15, -0.1) is 0 Å². The minimum absolute atomic E-state index is 0.0687. The number of nitro benzene ring substituents is 1. The summed E-state index contributed by atoms with van der Waals surface area (Å²) in [6.07, 6.45) is 0. The quantitative estimate of drug-likeness (QED) is 0.617. The SMILES string of the molecule is Cc1ccc(C(C)N(CC(=O)O)CC(C)C)cc1[N+](=O)[O-]. The Labute approximate surface area is 124 Å². The number of carboxylic acids is 1. The van der Waals surface area contributed by atoms with Crippen molar-refractivity contribution in [1.82, 2.24) is 4.90 Å². The molecule has 0 radical (unpaired) electrons. The molecule has 6 nitrogen and oxygen atoms in total. The van der Waals surface area contributed by atoms with Gasteiger partial charge in [-0.2, -0.15) is 0 Å². The lowest BCUT2D eigenvalue weighted by Gasteiger charge is -2.29. The molecule has 21 heavy (non-hydrogen) atoms. The Kier molecular flexibility index (Phi) is 5.84. The van der Waals surface area contributed by atoms with Gasteiger partial charge in [0.2, 0.25) is 0 Å². The highest BCUT2D eigenvalue weighted by molar-refractivity contribution is 5.69. The molecule has 0 aliphatic rings. The number of rotatable bonds is 7. The van der Waals surface area contributed by atoms with Crippen LogP contribution in [-0.2, 0) is 4.79 Å². The smallest absolute Gasteiger partial charge is 0.317 e. The Hall–Kier alpha value is -1.95. The van der Waals surface area contributed by atoms with Crippen molar-refractivity contribution in [1.29, 1.82) is 0 Å². The minimum Gasteiger partial charge on any atom is -0.480 e. The Bertz CT molecular complexity index is 528. The number of nitrogens with zero attached hydrogens (tertiary/aromatic N) is 2. The fraction of sp³-hybridized carbons (Fsp3) is 0.533. The number of carbonyl (C=O) groups is 1. The van der Waals surface area contributed by atoms with Crippen LogP contribution in [0, 0.1) is 23.0 Å². The third-order valence-corrected chi connectivity index (χ3v) is 3.40. The molecule has 0 fully saturated rings. The maximum atomic E-state index is 11.0. The standard InChI is InChI=1S/C15H22N2O4/c1-10(2)8-16(9-15(18)19)12(4)13-6-5-11(3)14(7-13)17(20)21/h5-7,10,12H,8-9H2,1-4H3,(H,18,19). The minimum atomic E-state index is -0.899. The van der Waals surface area contributed by atoms with Crippen molar-refractivity contribution in [2.75, 3.05) is 13.1 Å². The van der Waals surface area contributed by atoms with Crippen molar-refractivity contribution in [2.45, 2.75) is 33.7 Å². The van der Waals surface area contributed by atoms with E-state index in [0.29, 0.717) is 18.0 Å². The van der Waals surface area contributed by atoms with Gasteiger partial charge in [0.25, 0.3) is 5.69 Å². The first kappa shape index (κ1) is 17.1. The van der Waals surface area contributed by atoms with E-state index < -0.39 is 10.9 Å². The van der Waals surface area contributed by atoms with Gasteiger partial charge in [0.1, 0.15) is 0 Å². The third-order valence-electron chi connectivity index (χ3n) is 3.40. The van der Waals surface area contributed by atoms with Crippen LogP contribution >= 0.6 is 0 Å². The van der Waals surface area contributed by atoms with Crippen LogP contribution in [0.4, 0.5) is 5.69 Å². The summed E-state index contributed by atoms with van der Waals surface area (Å²) in [5.41, 5.74) is 1.43. The molecule has 1 aromatic carbocycles. The van der Waals surface area contributed by atoms with Crippen molar-refractivity contribution < 1.29 is 14.8 Å². The van der Waals surface area contributed by atoms with Gasteiger partial charge in [-0.3, -0.25) is 19.8 Å².